The van der Waals surface area contributed by atoms with Crippen LogP contribution in [0.4, 0.5) is 0 Å². The molecule has 1 unspecified atom stereocenters. The third-order valence-corrected chi connectivity index (χ3v) is 6.09. The van der Waals surface area contributed by atoms with Crippen LogP contribution in [-0.2, 0) is 14.9 Å². The minimum absolute atomic E-state index is 0.0449. The Hall–Kier alpha value is -0.210. The summed E-state index contributed by atoms with van der Waals surface area (Å²) in [6.45, 7) is 2.64. The number of hydrogen-bond acceptors (Lipinski definition) is 4. The number of nitrogens with one attached hydrogen (secondary N) is 1. The molecule has 1 atom stereocenters. The molecule has 1 N–H and O–H groups in total. The second kappa shape index (κ2) is 7.87. The minimum Gasteiger partial charge on any atom is -0.377 e. The number of likely N-dealkylation sites (N-methyl/N-ethyl adjacent to an activating group) is 1. The molecule has 0 aromatic rings. The van der Waals surface area contributed by atoms with E-state index in [0.717, 1.165) is 38.8 Å². The highest BCUT2D eigenvalue weighted by atomic mass is 32.2. The van der Waals surface area contributed by atoms with E-state index < -0.39 is 10.2 Å². The summed E-state index contributed by atoms with van der Waals surface area (Å²) in [5.41, 5.74) is 0. The van der Waals surface area contributed by atoms with Crippen molar-refractivity contribution in [2.24, 2.45) is 0 Å². The van der Waals surface area contributed by atoms with Gasteiger partial charge in [0.2, 0.25) is 0 Å². The molecule has 0 radical (unpaired) electrons. The van der Waals surface area contributed by atoms with E-state index in [0.29, 0.717) is 19.1 Å². The Labute approximate surface area is 129 Å². The van der Waals surface area contributed by atoms with Crippen LogP contribution in [0.2, 0.25) is 0 Å². The minimum atomic E-state index is -3.36. The Morgan fingerprint density at radius 1 is 1.14 bits per heavy atom. The Balaban J connectivity index is 1.71. The summed E-state index contributed by atoms with van der Waals surface area (Å²) >= 11 is 0. The number of nitrogens with zero attached hydrogens (tertiary/aromatic N) is 2. The van der Waals surface area contributed by atoms with Crippen molar-refractivity contribution in [3.63, 3.8) is 0 Å². The highest BCUT2D eigenvalue weighted by Crippen LogP contribution is 2.18. The fraction of sp³-hybridized carbons (Fsp3) is 1.00. The first-order chi connectivity index (χ1) is 10.00. The molecular formula is C14H29N3O3S. The molecular weight excluding hydrogens is 290 g/mol. The van der Waals surface area contributed by atoms with Crippen LogP contribution >= 0.6 is 0 Å². The zero-order valence-electron chi connectivity index (χ0n) is 13.3. The average Bonchev–Trinajstić information content (AvgIpc) is 3.28. The fourth-order valence-corrected chi connectivity index (χ4v) is 3.77. The van der Waals surface area contributed by atoms with Gasteiger partial charge >= 0.3 is 0 Å². The summed E-state index contributed by atoms with van der Waals surface area (Å²) in [4.78, 5) is 0. The molecule has 2 aliphatic rings. The molecule has 1 aliphatic heterocycles. The van der Waals surface area contributed by atoms with Crippen molar-refractivity contribution >= 4 is 10.2 Å². The zero-order valence-corrected chi connectivity index (χ0v) is 14.1. The number of ether oxygens (including phenoxy) is 1. The normalized spacial score (nSPS) is 23.9. The zero-order chi connectivity index (χ0) is 15.3. The van der Waals surface area contributed by atoms with Crippen molar-refractivity contribution in [1.29, 1.82) is 0 Å². The molecule has 0 aromatic heterocycles. The van der Waals surface area contributed by atoms with Crippen LogP contribution in [0.15, 0.2) is 0 Å². The summed E-state index contributed by atoms with van der Waals surface area (Å²) in [5.74, 6) is 0. The van der Waals surface area contributed by atoms with Crippen LogP contribution in [0.5, 0.6) is 0 Å². The van der Waals surface area contributed by atoms with Crippen LogP contribution in [-0.4, -0.2) is 69.5 Å². The van der Waals surface area contributed by atoms with E-state index in [9.17, 15) is 8.42 Å². The largest absolute Gasteiger partial charge is 0.377 e. The molecule has 0 spiro atoms. The molecule has 124 valence electrons. The highest BCUT2D eigenvalue weighted by molar-refractivity contribution is 7.86. The van der Waals surface area contributed by atoms with Crippen LogP contribution < -0.4 is 5.32 Å². The summed E-state index contributed by atoms with van der Waals surface area (Å²) in [6.07, 6.45) is 6.58. The number of hydrogen-bond donors (Lipinski definition) is 1. The molecule has 21 heavy (non-hydrogen) atoms. The first-order valence-electron chi connectivity index (χ1n) is 8.02. The van der Waals surface area contributed by atoms with Gasteiger partial charge in [0, 0.05) is 39.8 Å². The molecule has 0 aromatic carbocycles. The van der Waals surface area contributed by atoms with E-state index >= 15 is 0 Å². The highest BCUT2D eigenvalue weighted by Gasteiger charge is 2.27. The van der Waals surface area contributed by atoms with E-state index in [4.69, 9.17) is 4.74 Å². The monoisotopic (exact) mass is 319 g/mol. The van der Waals surface area contributed by atoms with E-state index in [2.05, 4.69) is 5.32 Å². The lowest BCUT2D eigenvalue weighted by Crippen LogP contribution is -2.44. The number of rotatable bonds is 9. The van der Waals surface area contributed by atoms with Gasteiger partial charge in [-0.3, -0.25) is 0 Å². The Morgan fingerprint density at radius 2 is 1.90 bits per heavy atom. The van der Waals surface area contributed by atoms with Gasteiger partial charge in [-0.2, -0.15) is 17.0 Å². The van der Waals surface area contributed by atoms with Crippen molar-refractivity contribution in [3.8, 4) is 0 Å². The van der Waals surface area contributed by atoms with Gasteiger partial charge in [0.1, 0.15) is 0 Å². The fourth-order valence-electron chi connectivity index (χ4n) is 2.58. The van der Waals surface area contributed by atoms with Crippen molar-refractivity contribution in [1.82, 2.24) is 13.9 Å². The second-order valence-electron chi connectivity index (χ2n) is 6.18. The standard InChI is InChI=1S/C14H29N3O3S/c1-16(10-5-9-15-13-7-8-13)21(18,19)17(2)12-14-6-3-4-11-20-14/h13-15H,3-12H2,1-2H3. The summed E-state index contributed by atoms with van der Waals surface area (Å²) in [6, 6.07) is 0.679. The summed E-state index contributed by atoms with van der Waals surface area (Å²) in [7, 11) is -0.0621. The molecule has 0 bridgehead atoms. The maximum Gasteiger partial charge on any atom is 0.281 e. The Kier molecular flexibility index (Phi) is 6.43. The lowest BCUT2D eigenvalue weighted by atomic mass is 10.1. The second-order valence-corrected chi connectivity index (χ2v) is 8.32. The van der Waals surface area contributed by atoms with Crippen molar-refractivity contribution in [3.05, 3.63) is 0 Å². The Morgan fingerprint density at radius 3 is 2.52 bits per heavy atom. The van der Waals surface area contributed by atoms with Gasteiger partial charge in [-0.25, -0.2) is 0 Å². The van der Waals surface area contributed by atoms with Gasteiger partial charge in [0.15, 0.2) is 0 Å². The predicted molar refractivity (Wildman–Crippen MR) is 83.4 cm³/mol. The van der Waals surface area contributed by atoms with E-state index in [1.807, 2.05) is 0 Å². The maximum atomic E-state index is 12.4. The molecule has 1 heterocycles. The lowest BCUT2D eigenvalue weighted by molar-refractivity contribution is 0.00805. The van der Waals surface area contributed by atoms with E-state index in [1.165, 1.54) is 21.5 Å². The van der Waals surface area contributed by atoms with E-state index in [-0.39, 0.29) is 6.10 Å². The van der Waals surface area contributed by atoms with Gasteiger partial charge < -0.3 is 10.1 Å². The quantitative estimate of drug-likeness (QED) is 0.639. The third kappa shape index (κ3) is 5.49. The van der Waals surface area contributed by atoms with Gasteiger partial charge in [0.25, 0.3) is 10.2 Å². The SMILES string of the molecule is CN(CCCNC1CC1)S(=O)(=O)N(C)CC1CCCCO1. The van der Waals surface area contributed by atoms with Crippen LogP contribution in [0.1, 0.15) is 38.5 Å². The van der Waals surface area contributed by atoms with Crippen LogP contribution in [0.3, 0.4) is 0 Å². The molecule has 6 nitrogen and oxygen atoms in total. The summed E-state index contributed by atoms with van der Waals surface area (Å²) < 4.78 is 33.3. The van der Waals surface area contributed by atoms with Gasteiger partial charge in [0.05, 0.1) is 6.10 Å². The molecule has 0 amide bonds. The molecule has 2 rings (SSSR count). The predicted octanol–water partition coefficient (Wildman–Crippen LogP) is 0.806. The molecule has 7 heteroatoms. The van der Waals surface area contributed by atoms with Crippen molar-refractivity contribution in [2.75, 3.05) is 40.3 Å². The molecule has 1 saturated heterocycles. The molecule has 2 fully saturated rings. The van der Waals surface area contributed by atoms with Crippen molar-refractivity contribution in [2.45, 2.75) is 50.7 Å². The average molecular weight is 319 g/mol. The van der Waals surface area contributed by atoms with Gasteiger partial charge in [-0.1, -0.05) is 0 Å². The van der Waals surface area contributed by atoms with Gasteiger partial charge in [-0.05, 0) is 45.1 Å². The first kappa shape index (κ1) is 17.1. The Bertz CT molecular complexity index is 406. The molecule has 1 saturated carbocycles. The van der Waals surface area contributed by atoms with Gasteiger partial charge in [-0.15, -0.1) is 0 Å². The van der Waals surface area contributed by atoms with Crippen LogP contribution in [0.25, 0.3) is 0 Å². The first-order valence-corrected chi connectivity index (χ1v) is 9.42. The maximum absolute atomic E-state index is 12.4. The molecule has 1 aliphatic carbocycles. The van der Waals surface area contributed by atoms with E-state index in [1.54, 1.807) is 14.1 Å². The summed E-state index contributed by atoms with van der Waals surface area (Å²) in [5, 5.41) is 3.40. The smallest absolute Gasteiger partial charge is 0.281 e. The lowest BCUT2D eigenvalue weighted by Gasteiger charge is -2.29. The third-order valence-electron chi connectivity index (χ3n) is 4.18. The van der Waals surface area contributed by atoms with Crippen molar-refractivity contribution < 1.29 is 13.2 Å². The topological polar surface area (TPSA) is 61.9 Å². The van der Waals surface area contributed by atoms with Crippen LogP contribution in [0, 0.1) is 0 Å².